The van der Waals surface area contributed by atoms with Gasteiger partial charge >= 0.3 is 0 Å². The molecule has 1 aliphatic rings. The molecule has 1 saturated heterocycles. The molecule has 24 heavy (non-hydrogen) atoms. The van der Waals surface area contributed by atoms with Crippen LogP contribution in [0, 0.1) is 5.92 Å². The molecule has 2 aromatic rings. The highest BCUT2D eigenvalue weighted by molar-refractivity contribution is 5.65. The largest absolute Gasteiger partial charge is 0.489 e. The van der Waals surface area contributed by atoms with Crippen molar-refractivity contribution in [2.45, 2.75) is 39.7 Å². The van der Waals surface area contributed by atoms with Crippen molar-refractivity contribution < 1.29 is 4.74 Å². The summed E-state index contributed by atoms with van der Waals surface area (Å²) in [4.78, 5) is 11.2. The van der Waals surface area contributed by atoms with Crippen LogP contribution in [0.1, 0.15) is 33.6 Å². The van der Waals surface area contributed by atoms with Gasteiger partial charge in [0.2, 0.25) is 0 Å². The Morgan fingerprint density at radius 3 is 2.88 bits per heavy atom. The van der Waals surface area contributed by atoms with Crippen LogP contribution in [0.2, 0.25) is 0 Å². The molecule has 1 atom stereocenters. The van der Waals surface area contributed by atoms with Crippen LogP contribution in [-0.2, 0) is 0 Å². The summed E-state index contributed by atoms with van der Waals surface area (Å²) in [5.74, 6) is 3.32. The summed E-state index contributed by atoms with van der Waals surface area (Å²) in [7, 11) is 0. The molecule has 1 fully saturated rings. The van der Waals surface area contributed by atoms with Crippen LogP contribution in [0.4, 0.5) is 17.3 Å². The van der Waals surface area contributed by atoms with Gasteiger partial charge in [-0.1, -0.05) is 19.1 Å². The molecular formula is C19H26N4O. The fraction of sp³-hybridized carbons (Fsp3) is 0.474. The van der Waals surface area contributed by atoms with Crippen molar-refractivity contribution in [2.24, 2.45) is 5.92 Å². The van der Waals surface area contributed by atoms with E-state index in [0.29, 0.717) is 5.92 Å². The van der Waals surface area contributed by atoms with Gasteiger partial charge in [0.1, 0.15) is 23.7 Å². The van der Waals surface area contributed by atoms with Crippen molar-refractivity contribution in [1.82, 2.24) is 9.97 Å². The van der Waals surface area contributed by atoms with Crippen molar-refractivity contribution in [3.05, 3.63) is 36.7 Å². The molecule has 2 heterocycles. The molecule has 1 aromatic heterocycles. The number of aromatic nitrogens is 2. The highest BCUT2D eigenvalue weighted by Crippen LogP contribution is 2.29. The summed E-state index contributed by atoms with van der Waals surface area (Å²) in [6.45, 7) is 8.47. The molecule has 5 heteroatoms. The van der Waals surface area contributed by atoms with Gasteiger partial charge in [-0.25, -0.2) is 9.97 Å². The van der Waals surface area contributed by atoms with Gasteiger partial charge in [-0.2, -0.15) is 0 Å². The molecule has 1 aromatic carbocycles. The molecule has 5 nitrogen and oxygen atoms in total. The van der Waals surface area contributed by atoms with Crippen LogP contribution in [0.5, 0.6) is 5.75 Å². The van der Waals surface area contributed by atoms with E-state index in [-0.39, 0.29) is 6.10 Å². The van der Waals surface area contributed by atoms with Gasteiger partial charge in [-0.3, -0.25) is 0 Å². The zero-order chi connectivity index (χ0) is 16.9. The van der Waals surface area contributed by atoms with Crippen LogP contribution in [0.15, 0.2) is 36.7 Å². The van der Waals surface area contributed by atoms with Crippen LogP contribution in [0.25, 0.3) is 0 Å². The van der Waals surface area contributed by atoms with Crippen LogP contribution < -0.4 is 15.0 Å². The first-order valence-corrected chi connectivity index (χ1v) is 8.71. The molecule has 3 rings (SSSR count). The lowest BCUT2D eigenvalue weighted by atomic mass is 10.0. The quantitative estimate of drug-likeness (QED) is 0.890. The molecular weight excluding hydrogens is 300 g/mol. The lowest BCUT2D eigenvalue weighted by Gasteiger charge is -2.31. The number of para-hydroxylation sites is 2. The van der Waals surface area contributed by atoms with E-state index in [0.717, 1.165) is 36.2 Å². The second-order valence-electron chi connectivity index (χ2n) is 6.74. The Morgan fingerprint density at radius 2 is 2.08 bits per heavy atom. The second kappa shape index (κ2) is 7.51. The monoisotopic (exact) mass is 326 g/mol. The minimum atomic E-state index is 0.128. The molecule has 128 valence electrons. The third-order valence-corrected chi connectivity index (χ3v) is 4.15. The van der Waals surface area contributed by atoms with Gasteiger partial charge in [-0.15, -0.1) is 0 Å². The number of anilines is 3. The van der Waals surface area contributed by atoms with E-state index in [9.17, 15) is 0 Å². The number of nitrogens with one attached hydrogen (secondary N) is 1. The normalized spacial score (nSPS) is 17.8. The van der Waals surface area contributed by atoms with Crippen LogP contribution >= 0.6 is 0 Å². The molecule has 0 aliphatic carbocycles. The van der Waals surface area contributed by atoms with E-state index in [1.54, 1.807) is 6.33 Å². The Kier molecular flexibility index (Phi) is 5.18. The lowest BCUT2D eigenvalue weighted by molar-refractivity contribution is 0.244. The summed E-state index contributed by atoms with van der Waals surface area (Å²) in [6, 6.07) is 9.96. The average molecular weight is 326 g/mol. The highest BCUT2D eigenvalue weighted by Gasteiger charge is 2.18. The molecule has 0 radical (unpaired) electrons. The standard InChI is InChI=1S/C19H26N4O/c1-14(2)24-17-9-5-4-8-16(17)22-18-11-19(21-13-20-18)23-10-6-7-15(3)12-23/h4-5,8-9,11,13-15H,6-7,10,12H2,1-3H3,(H,20,21,22). The van der Waals surface area contributed by atoms with Crippen molar-refractivity contribution in [3.8, 4) is 5.75 Å². The Labute approximate surface area is 144 Å². The Morgan fingerprint density at radius 1 is 1.25 bits per heavy atom. The predicted octanol–water partition coefficient (Wildman–Crippen LogP) is 4.24. The van der Waals surface area contributed by atoms with E-state index in [1.807, 2.05) is 44.2 Å². The number of rotatable bonds is 5. The van der Waals surface area contributed by atoms with Crippen LogP contribution in [0.3, 0.4) is 0 Å². The number of hydrogen-bond acceptors (Lipinski definition) is 5. The van der Waals surface area contributed by atoms with Crippen molar-refractivity contribution in [2.75, 3.05) is 23.3 Å². The first kappa shape index (κ1) is 16.6. The lowest BCUT2D eigenvalue weighted by Crippen LogP contribution is -2.34. The number of piperidine rings is 1. The number of nitrogens with zero attached hydrogens (tertiary/aromatic N) is 3. The van der Waals surface area contributed by atoms with E-state index < -0.39 is 0 Å². The van der Waals surface area contributed by atoms with Gasteiger partial charge in [0, 0.05) is 19.2 Å². The maximum atomic E-state index is 5.86. The topological polar surface area (TPSA) is 50.3 Å². The predicted molar refractivity (Wildman–Crippen MR) is 98.1 cm³/mol. The maximum Gasteiger partial charge on any atom is 0.143 e. The van der Waals surface area contributed by atoms with E-state index in [1.165, 1.54) is 12.8 Å². The summed E-state index contributed by atoms with van der Waals surface area (Å²) >= 11 is 0. The zero-order valence-electron chi connectivity index (χ0n) is 14.7. The van der Waals surface area contributed by atoms with E-state index in [2.05, 4.69) is 27.1 Å². The van der Waals surface area contributed by atoms with Crippen molar-refractivity contribution in [3.63, 3.8) is 0 Å². The number of ether oxygens (including phenoxy) is 1. The van der Waals surface area contributed by atoms with Gasteiger partial charge in [0.05, 0.1) is 11.8 Å². The number of benzene rings is 1. The Hall–Kier alpha value is -2.30. The SMILES string of the molecule is CC1CCCN(c2cc(Nc3ccccc3OC(C)C)ncn2)C1. The van der Waals surface area contributed by atoms with Gasteiger partial charge in [0.15, 0.2) is 0 Å². The molecule has 0 bridgehead atoms. The zero-order valence-corrected chi connectivity index (χ0v) is 14.7. The number of hydrogen-bond donors (Lipinski definition) is 1. The Bertz CT molecular complexity index is 674. The minimum absolute atomic E-state index is 0.128. The maximum absolute atomic E-state index is 5.86. The first-order chi connectivity index (χ1) is 11.6. The summed E-state index contributed by atoms with van der Waals surface area (Å²) in [6.07, 6.45) is 4.28. The molecule has 0 saturated carbocycles. The Balaban J connectivity index is 1.78. The summed E-state index contributed by atoms with van der Waals surface area (Å²) in [5.41, 5.74) is 0.919. The second-order valence-corrected chi connectivity index (χ2v) is 6.74. The summed E-state index contributed by atoms with van der Waals surface area (Å²) in [5, 5.41) is 3.37. The summed E-state index contributed by atoms with van der Waals surface area (Å²) < 4.78 is 5.86. The smallest absolute Gasteiger partial charge is 0.143 e. The van der Waals surface area contributed by atoms with Crippen molar-refractivity contribution in [1.29, 1.82) is 0 Å². The van der Waals surface area contributed by atoms with E-state index >= 15 is 0 Å². The third-order valence-electron chi connectivity index (χ3n) is 4.15. The highest BCUT2D eigenvalue weighted by atomic mass is 16.5. The molecule has 1 N–H and O–H groups in total. The third kappa shape index (κ3) is 4.16. The molecule has 1 unspecified atom stereocenters. The molecule has 1 aliphatic heterocycles. The fourth-order valence-electron chi connectivity index (χ4n) is 3.05. The van der Waals surface area contributed by atoms with Gasteiger partial charge in [0.25, 0.3) is 0 Å². The first-order valence-electron chi connectivity index (χ1n) is 8.71. The van der Waals surface area contributed by atoms with Gasteiger partial charge in [-0.05, 0) is 44.7 Å². The van der Waals surface area contributed by atoms with E-state index in [4.69, 9.17) is 4.74 Å². The average Bonchev–Trinajstić information content (AvgIpc) is 2.56. The van der Waals surface area contributed by atoms with Crippen molar-refractivity contribution >= 4 is 17.3 Å². The van der Waals surface area contributed by atoms with Gasteiger partial charge < -0.3 is 15.0 Å². The van der Waals surface area contributed by atoms with Crippen LogP contribution in [-0.4, -0.2) is 29.2 Å². The minimum Gasteiger partial charge on any atom is -0.489 e. The molecule has 0 amide bonds. The fourth-order valence-corrected chi connectivity index (χ4v) is 3.05. The molecule has 0 spiro atoms.